The highest BCUT2D eigenvalue weighted by atomic mass is 35.5. The third kappa shape index (κ3) is 3.47. The molecule has 1 rings (SSSR count). The van der Waals surface area contributed by atoms with Crippen molar-refractivity contribution < 1.29 is 0 Å². The molecule has 15 heavy (non-hydrogen) atoms. The maximum Gasteiger partial charge on any atom is 0.133 e. The fourth-order valence-electron chi connectivity index (χ4n) is 1.46. The average Bonchev–Trinajstić information content (AvgIpc) is 2.20. The van der Waals surface area contributed by atoms with Crippen LogP contribution in [0.25, 0.3) is 0 Å². The maximum atomic E-state index is 6.01. The van der Waals surface area contributed by atoms with Gasteiger partial charge in [-0.25, -0.2) is 4.98 Å². The molecule has 2 nitrogen and oxygen atoms in total. The predicted molar refractivity (Wildman–Crippen MR) is 65.0 cm³/mol. The first-order valence-electron chi connectivity index (χ1n) is 5.32. The van der Waals surface area contributed by atoms with Gasteiger partial charge in [0.2, 0.25) is 0 Å². The molecule has 0 radical (unpaired) electrons. The molecule has 0 aliphatic rings. The highest BCUT2D eigenvalue weighted by Crippen LogP contribution is 2.16. The van der Waals surface area contributed by atoms with Crippen molar-refractivity contribution >= 4 is 11.6 Å². The molecule has 3 heteroatoms. The number of halogens is 1. The van der Waals surface area contributed by atoms with Crippen LogP contribution in [0.5, 0.6) is 0 Å². The second-order valence-corrected chi connectivity index (χ2v) is 4.71. The largest absolute Gasteiger partial charge is 0.299 e. The molecule has 0 saturated carbocycles. The third-order valence-electron chi connectivity index (χ3n) is 2.92. The number of rotatable bonds is 4. The zero-order valence-corrected chi connectivity index (χ0v) is 10.6. The molecule has 0 spiro atoms. The molecule has 0 aliphatic heterocycles. The molecule has 0 fully saturated rings. The van der Waals surface area contributed by atoms with E-state index in [1.54, 1.807) is 6.20 Å². The molecular weight excluding hydrogens is 208 g/mol. The fraction of sp³-hybridized carbons (Fsp3) is 0.583. The second-order valence-electron chi connectivity index (χ2n) is 4.35. The minimum atomic E-state index is 0.543. The van der Waals surface area contributed by atoms with Crippen LogP contribution in [0.2, 0.25) is 5.15 Å². The van der Waals surface area contributed by atoms with E-state index >= 15 is 0 Å². The van der Waals surface area contributed by atoms with Gasteiger partial charge in [0.05, 0.1) is 0 Å². The van der Waals surface area contributed by atoms with Gasteiger partial charge in [-0.15, -0.1) is 0 Å². The molecule has 0 amide bonds. The van der Waals surface area contributed by atoms with Crippen LogP contribution in [-0.4, -0.2) is 23.0 Å². The maximum absolute atomic E-state index is 6.01. The van der Waals surface area contributed by atoms with Crippen LogP contribution in [0.4, 0.5) is 0 Å². The number of pyridine rings is 1. The van der Waals surface area contributed by atoms with E-state index in [1.807, 2.05) is 12.1 Å². The first-order chi connectivity index (χ1) is 7.02. The Kier molecular flexibility index (Phi) is 4.55. The molecule has 0 bridgehead atoms. The second kappa shape index (κ2) is 5.47. The number of hydrogen-bond acceptors (Lipinski definition) is 2. The molecule has 0 N–H and O–H groups in total. The molecular formula is C12H19ClN2. The summed E-state index contributed by atoms with van der Waals surface area (Å²) in [5.74, 6) is 0.644. The predicted octanol–water partition coefficient (Wildman–Crippen LogP) is 3.21. The molecule has 0 aliphatic carbocycles. The minimum Gasteiger partial charge on any atom is -0.299 e. The van der Waals surface area contributed by atoms with Crippen molar-refractivity contribution in [3.63, 3.8) is 0 Å². The quantitative estimate of drug-likeness (QED) is 0.733. The molecule has 1 unspecified atom stereocenters. The SMILES string of the molecule is CC(C)C(C)N(C)Cc1cccnc1Cl. The summed E-state index contributed by atoms with van der Waals surface area (Å²) >= 11 is 6.01. The van der Waals surface area contributed by atoms with Crippen LogP contribution in [-0.2, 0) is 6.54 Å². The van der Waals surface area contributed by atoms with Crippen molar-refractivity contribution in [1.82, 2.24) is 9.88 Å². The summed E-state index contributed by atoms with van der Waals surface area (Å²) in [5.41, 5.74) is 1.09. The topological polar surface area (TPSA) is 16.1 Å². The van der Waals surface area contributed by atoms with Gasteiger partial charge in [0.25, 0.3) is 0 Å². The van der Waals surface area contributed by atoms with E-state index in [0.29, 0.717) is 17.1 Å². The van der Waals surface area contributed by atoms with E-state index < -0.39 is 0 Å². The van der Waals surface area contributed by atoms with Crippen molar-refractivity contribution in [2.75, 3.05) is 7.05 Å². The zero-order chi connectivity index (χ0) is 11.4. The zero-order valence-electron chi connectivity index (χ0n) is 9.87. The van der Waals surface area contributed by atoms with Gasteiger partial charge in [0.15, 0.2) is 0 Å². The lowest BCUT2D eigenvalue weighted by Crippen LogP contribution is -2.32. The van der Waals surface area contributed by atoms with Gasteiger partial charge < -0.3 is 0 Å². The van der Waals surface area contributed by atoms with Gasteiger partial charge in [0.1, 0.15) is 5.15 Å². The van der Waals surface area contributed by atoms with Crippen molar-refractivity contribution in [3.05, 3.63) is 29.0 Å². The number of hydrogen-bond donors (Lipinski definition) is 0. The van der Waals surface area contributed by atoms with Crippen molar-refractivity contribution in [1.29, 1.82) is 0 Å². The monoisotopic (exact) mass is 226 g/mol. The van der Waals surface area contributed by atoms with Crippen molar-refractivity contribution in [2.45, 2.75) is 33.4 Å². The summed E-state index contributed by atoms with van der Waals surface area (Å²) < 4.78 is 0. The van der Waals surface area contributed by atoms with Gasteiger partial charge in [0, 0.05) is 24.3 Å². The highest BCUT2D eigenvalue weighted by Gasteiger charge is 2.14. The van der Waals surface area contributed by atoms with E-state index in [2.05, 4.69) is 37.7 Å². The standard InChI is InChI=1S/C12H19ClN2/c1-9(2)10(3)15(4)8-11-6-5-7-14-12(11)13/h5-7,9-10H,8H2,1-4H3. The van der Waals surface area contributed by atoms with Crippen LogP contribution in [0.1, 0.15) is 26.3 Å². The summed E-state index contributed by atoms with van der Waals surface area (Å²) in [4.78, 5) is 6.37. The van der Waals surface area contributed by atoms with Crippen LogP contribution in [0.15, 0.2) is 18.3 Å². The summed E-state index contributed by atoms with van der Waals surface area (Å²) in [6, 6.07) is 4.50. The molecule has 1 heterocycles. The van der Waals surface area contributed by atoms with E-state index in [0.717, 1.165) is 12.1 Å². The first-order valence-corrected chi connectivity index (χ1v) is 5.69. The Hall–Kier alpha value is -0.600. The summed E-state index contributed by atoms with van der Waals surface area (Å²) in [5, 5.41) is 0.611. The number of nitrogens with zero attached hydrogens (tertiary/aromatic N) is 2. The van der Waals surface area contributed by atoms with Gasteiger partial charge in [-0.05, 0) is 26.0 Å². The van der Waals surface area contributed by atoms with Gasteiger partial charge >= 0.3 is 0 Å². The lowest BCUT2D eigenvalue weighted by atomic mass is 10.0. The van der Waals surface area contributed by atoms with E-state index in [9.17, 15) is 0 Å². The lowest BCUT2D eigenvalue weighted by Gasteiger charge is -2.27. The Labute approximate surface area is 97.3 Å². The summed E-state index contributed by atoms with van der Waals surface area (Å²) in [6.45, 7) is 7.54. The Balaban J connectivity index is 2.66. The minimum absolute atomic E-state index is 0.543. The van der Waals surface area contributed by atoms with E-state index in [4.69, 9.17) is 11.6 Å². The summed E-state index contributed by atoms with van der Waals surface area (Å²) in [7, 11) is 2.12. The third-order valence-corrected chi connectivity index (χ3v) is 3.26. The van der Waals surface area contributed by atoms with Crippen LogP contribution < -0.4 is 0 Å². The normalized spacial score (nSPS) is 13.5. The van der Waals surface area contributed by atoms with Gasteiger partial charge in [-0.3, -0.25) is 4.90 Å². The van der Waals surface area contributed by atoms with Crippen molar-refractivity contribution in [3.8, 4) is 0 Å². The van der Waals surface area contributed by atoms with Crippen LogP contribution in [0.3, 0.4) is 0 Å². The molecule has 1 atom stereocenters. The van der Waals surface area contributed by atoms with Crippen LogP contribution >= 0.6 is 11.6 Å². The first kappa shape index (κ1) is 12.5. The Bertz CT molecular complexity index is 312. The molecule has 1 aromatic rings. The Morgan fingerprint density at radius 3 is 2.60 bits per heavy atom. The fourth-order valence-corrected chi connectivity index (χ4v) is 1.64. The molecule has 0 aromatic carbocycles. The summed E-state index contributed by atoms with van der Waals surface area (Å²) in [6.07, 6.45) is 1.72. The smallest absolute Gasteiger partial charge is 0.133 e. The number of aromatic nitrogens is 1. The lowest BCUT2D eigenvalue weighted by molar-refractivity contribution is 0.200. The Morgan fingerprint density at radius 1 is 1.40 bits per heavy atom. The highest BCUT2D eigenvalue weighted by molar-refractivity contribution is 6.30. The van der Waals surface area contributed by atoms with Gasteiger partial charge in [-0.2, -0.15) is 0 Å². The Morgan fingerprint density at radius 2 is 2.07 bits per heavy atom. The average molecular weight is 227 g/mol. The molecule has 84 valence electrons. The van der Waals surface area contributed by atoms with E-state index in [-0.39, 0.29) is 0 Å². The van der Waals surface area contributed by atoms with Crippen LogP contribution in [0, 0.1) is 5.92 Å². The van der Waals surface area contributed by atoms with E-state index in [1.165, 1.54) is 0 Å². The van der Waals surface area contributed by atoms with Gasteiger partial charge in [-0.1, -0.05) is 31.5 Å². The van der Waals surface area contributed by atoms with Crippen molar-refractivity contribution in [2.24, 2.45) is 5.92 Å². The molecule has 0 saturated heterocycles. The molecule has 1 aromatic heterocycles.